The average Bonchev–Trinajstić information content (AvgIpc) is 3.37. The molecule has 7 rings (SSSR count). The van der Waals surface area contributed by atoms with Crippen LogP contribution in [0.3, 0.4) is 0 Å². The molecule has 0 fully saturated rings. The summed E-state index contributed by atoms with van der Waals surface area (Å²) in [5.41, 5.74) is 6.28. The molecule has 0 radical (unpaired) electrons. The van der Waals surface area contributed by atoms with Crippen molar-refractivity contribution in [3.63, 3.8) is 0 Å². The fourth-order valence-electron chi connectivity index (χ4n) is 5.82. The first-order chi connectivity index (χ1) is 20.6. The van der Waals surface area contributed by atoms with Crippen molar-refractivity contribution in [1.29, 1.82) is 0 Å². The molecule has 1 aromatic heterocycles. The van der Waals surface area contributed by atoms with Gasteiger partial charge in [0, 0.05) is 37.2 Å². The Labute approximate surface area is 249 Å². The van der Waals surface area contributed by atoms with E-state index in [1.165, 1.54) is 4.31 Å². The van der Waals surface area contributed by atoms with Crippen LogP contribution < -0.4 is 8.92 Å². The van der Waals surface area contributed by atoms with Crippen molar-refractivity contribution in [3.05, 3.63) is 81.7 Å². The number of hydrogen-bond acceptors (Lipinski definition) is 8. The SMILES string of the molecule is CCOC(=O)CC1c2ccc(C)c(c2)CN2Cc3cc(cc(F)c3OS2(=O)=O)OCCCCn2nnc3c(C)c1ccc32. The Kier molecular flexibility index (Phi) is 7.82. The van der Waals surface area contributed by atoms with Gasteiger partial charge in [-0.2, -0.15) is 12.7 Å². The summed E-state index contributed by atoms with van der Waals surface area (Å²) >= 11 is 0. The van der Waals surface area contributed by atoms with Crippen molar-refractivity contribution in [3.8, 4) is 11.5 Å². The number of nitrogens with zero attached hydrogens (tertiary/aromatic N) is 4. The van der Waals surface area contributed by atoms with Crippen molar-refractivity contribution in [2.45, 2.75) is 65.6 Å². The van der Waals surface area contributed by atoms with E-state index >= 15 is 0 Å². The summed E-state index contributed by atoms with van der Waals surface area (Å²) < 4.78 is 60.7. The second-order valence-corrected chi connectivity index (χ2v) is 12.5. The van der Waals surface area contributed by atoms with Crippen molar-refractivity contribution in [2.24, 2.45) is 0 Å². The Bertz CT molecular complexity index is 1820. The maximum Gasteiger partial charge on any atom is 0.385 e. The predicted molar refractivity (Wildman–Crippen MR) is 156 cm³/mol. The third-order valence-electron chi connectivity index (χ3n) is 8.13. The van der Waals surface area contributed by atoms with Gasteiger partial charge in [-0.1, -0.05) is 29.5 Å². The summed E-state index contributed by atoms with van der Waals surface area (Å²) in [4.78, 5) is 12.8. The summed E-state index contributed by atoms with van der Waals surface area (Å²) in [7, 11) is -4.28. The number of rotatable bonds is 3. The lowest BCUT2D eigenvalue weighted by Crippen LogP contribution is -2.37. The lowest BCUT2D eigenvalue weighted by molar-refractivity contribution is -0.143. The van der Waals surface area contributed by atoms with Crippen LogP contribution >= 0.6 is 0 Å². The summed E-state index contributed by atoms with van der Waals surface area (Å²) in [5.74, 6) is -1.50. The molecule has 3 aliphatic heterocycles. The Hall–Kier alpha value is -4.03. The van der Waals surface area contributed by atoms with Gasteiger partial charge >= 0.3 is 16.3 Å². The minimum atomic E-state index is -4.28. The standard InChI is InChI=1S/C31H33FN4O6S/c1-4-40-29(37)16-26-21-8-7-19(2)22(13-21)17-35-18-23-14-24(15-27(32)31(23)42-43(35,38)39)41-12-6-5-11-36-28-10-9-25(26)20(3)30(28)33-34-36/h7-10,13-15,26H,4-6,11-12,16-18H2,1-3H3. The summed E-state index contributed by atoms with van der Waals surface area (Å²) in [6.45, 7) is 6.78. The Morgan fingerprint density at radius 3 is 2.72 bits per heavy atom. The molecular formula is C31H33FN4O6S. The molecule has 3 aliphatic rings. The first-order valence-electron chi connectivity index (χ1n) is 14.4. The Morgan fingerprint density at radius 1 is 1.09 bits per heavy atom. The number of hydrogen-bond donors (Lipinski definition) is 0. The molecule has 10 nitrogen and oxygen atoms in total. The fourth-order valence-corrected chi connectivity index (χ4v) is 6.92. The zero-order valence-electron chi connectivity index (χ0n) is 24.3. The number of carbonyl (C=O) groups is 1. The number of aromatic nitrogens is 3. The lowest BCUT2D eigenvalue weighted by Gasteiger charge is -2.29. The fraction of sp³-hybridized carbons (Fsp3) is 0.387. The normalized spacial score (nSPS) is 19.6. The molecule has 2 unspecified atom stereocenters. The Balaban J connectivity index is 1.48. The number of aryl methyl sites for hydroxylation is 3. The molecule has 9 bridgehead atoms. The predicted octanol–water partition coefficient (Wildman–Crippen LogP) is 5.08. The van der Waals surface area contributed by atoms with E-state index in [2.05, 4.69) is 10.3 Å². The summed E-state index contributed by atoms with van der Waals surface area (Å²) in [6, 6.07) is 12.5. The zero-order chi connectivity index (χ0) is 30.3. The third kappa shape index (κ3) is 5.68. The van der Waals surface area contributed by atoms with Gasteiger partial charge in [-0.05, 0) is 73.6 Å². The molecule has 0 amide bonds. The number of halogens is 1. The number of esters is 1. The van der Waals surface area contributed by atoms with Crippen LogP contribution in [0.15, 0.2) is 42.5 Å². The topological polar surface area (TPSA) is 113 Å². The molecule has 4 heterocycles. The van der Waals surface area contributed by atoms with Gasteiger partial charge in [-0.25, -0.2) is 9.07 Å². The first kappa shape index (κ1) is 29.1. The molecule has 43 heavy (non-hydrogen) atoms. The zero-order valence-corrected chi connectivity index (χ0v) is 25.1. The smallest absolute Gasteiger partial charge is 0.385 e. The largest absolute Gasteiger partial charge is 0.493 e. The quantitative estimate of drug-likeness (QED) is 0.296. The van der Waals surface area contributed by atoms with Gasteiger partial charge in [0.2, 0.25) is 0 Å². The molecule has 0 spiro atoms. The van der Waals surface area contributed by atoms with Gasteiger partial charge in [0.15, 0.2) is 11.6 Å². The number of fused-ring (bicyclic) bond motifs is 5. The highest BCUT2D eigenvalue weighted by Gasteiger charge is 2.35. The lowest BCUT2D eigenvalue weighted by atomic mass is 9.84. The Morgan fingerprint density at radius 2 is 1.91 bits per heavy atom. The van der Waals surface area contributed by atoms with Crippen LogP contribution in [-0.2, 0) is 39.5 Å². The molecular weight excluding hydrogens is 575 g/mol. The maximum atomic E-state index is 15.0. The van der Waals surface area contributed by atoms with Crippen LogP contribution in [0, 0.1) is 19.7 Å². The number of benzene rings is 3. The highest BCUT2D eigenvalue weighted by Crippen LogP contribution is 2.38. The van der Waals surface area contributed by atoms with Crippen molar-refractivity contribution in [1.82, 2.24) is 19.3 Å². The van der Waals surface area contributed by atoms with Crippen LogP contribution in [0.25, 0.3) is 11.0 Å². The van der Waals surface area contributed by atoms with Crippen molar-refractivity contribution >= 4 is 27.3 Å². The van der Waals surface area contributed by atoms with E-state index in [1.807, 2.05) is 48.9 Å². The average molecular weight is 609 g/mol. The van der Waals surface area contributed by atoms with Crippen LogP contribution in [-0.4, -0.2) is 46.9 Å². The van der Waals surface area contributed by atoms with E-state index in [1.54, 1.807) is 13.0 Å². The highest BCUT2D eigenvalue weighted by molar-refractivity contribution is 7.84. The maximum absolute atomic E-state index is 15.0. The van der Waals surface area contributed by atoms with E-state index in [4.69, 9.17) is 13.7 Å². The highest BCUT2D eigenvalue weighted by atomic mass is 32.2. The van der Waals surface area contributed by atoms with Gasteiger partial charge in [0.05, 0.1) is 25.2 Å². The molecule has 3 aromatic carbocycles. The van der Waals surface area contributed by atoms with Crippen LogP contribution in [0.4, 0.5) is 4.39 Å². The van der Waals surface area contributed by atoms with Gasteiger partial charge in [0.25, 0.3) is 0 Å². The monoisotopic (exact) mass is 608 g/mol. The first-order valence-corrected chi connectivity index (χ1v) is 15.7. The van der Waals surface area contributed by atoms with Gasteiger partial charge in [0.1, 0.15) is 11.3 Å². The minimum Gasteiger partial charge on any atom is -0.493 e. The number of ether oxygens (including phenoxy) is 2. The van der Waals surface area contributed by atoms with Gasteiger partial charge in [-0.3, -0.25) is 4.79 Å². The van der Waals surface area contributed by atoms with E-state index in [9.17, 15) is 17.6 Å². The van der Waals surface area contributed by atoms with Crippen LogP contribution in [0.1, 0.15) is 65.5 Å². The second kappa shape index (κ2) is 11.6. The van der Waals surface area contributed by atoms with Gasteiger partial charge < -0.3 is 13.7 Å². The summed E-state index contributed by atoms with van der Waals surface area (Å²) in [6.07, 6.45) is 1.53. The van der Waals surface area contributed by atoms with Gasteiger partial charge in [-0.15, -0.1) is 5.10 Å². The number of carbonyl (C=O) groups excluding carboxylic acids is 1. The molecule has 0 N–H and O–H groups in total. The molecule has 12 heteroatoms. The van der Waals surface area contributed by atoms with Crippen LogP contribution in [0.5, 0.6) is 11.5 Å². The van der Waals surface area contributed by atoms with E-state index < -0.39 is 16.1 Å². The van der Waals surface area contributed by atoms with E-state index in [0.717, 1.165) is 51.3 Å². The van der Waals surface area contributed by atoms with Crippen molar-refractivity contribution in [2.75, 3.05) is 13.2 Å². The molecule has 0 aliphatic carbocycles. The molecule has 4 aromatic rings. The van der Waals surface area contributed by atoms with E-state index in [0.29, 0.717) is 30.9 Å². The molecule has 0 saturated heterocycles. The minimum absolute atomic E-state index is 0.00732. The third-order valence-corrected chi connectivity index (χ3v) is 9.40. The molecule has 226 valence electrons. The van der Waals surface area contributed by atoms with Crippen LogP contribution in [0.2, 0.25) is 0 Å². The molecule has 0 saturated carbocycles. The van der Waals surface area contributed by atoms with Crippen molar-refractivity contribution < 1.29 is 31.3 Å². The summed E-state index contributed by atoms with van der Waals surface area (Å²) in [5, 5.41) is 8.87. The second-order valence-electron chi connectivity index (χ2n) is 11.0. The van der Waals surface area contributed by atoms with E-state index in [-0.39, 0.29) is 43.8 Å². The molecule has 2 atom stereocenters.